The molecule has 0 aliphatic heterocycles. The van der Waals surface area contributed by atoms with Gasteiger partial charge >= 0.3 is 0 Å². The molecule has 1 nitrogen and oxygen atoms in total. The summed E-state index contributed by atoms with van der Waals surface area (Å²) in [5.74, 6) is 0.981. The molecule has 0 aliphatic carbocycles. The summed E-state index contributed by atoms with van der Waals surface area (Å²) < 4.78 is 0.292. The van der Waals surface area contributed by atoms with E-state index in [0.29, 0.717) is 4.75 Å². The van der Waals surface area contributed by atoms with Crippen molar-refractivity contribution in [2.24, 2.45) is 5.73 Å². The van der Waals surface area contributed by atoms with Crippen LogP contribution >= 0.6 is 11.8 Å². The summed E-state index contributed by atoms with van der Waals surface area (Å²) in [7, 11) is 0. The summed E-state index contributed by atoms with van der Waals surface area (Å²) in [6, 6.07) is 8.52. The third-order valence-corrected chi connectivity index (χ3v) is 3.68. The van der Waals surface area contributed by atoms with Crippen LogP contribution in [-0.2, 0) is 0 Å². The number of hydrogen-bond donors (Lipinski definition) is 1. The van der Waals surface area contributed by atoms with Crippen molar-refractivity contribution in [1.82, 2.24) is 0 Å². The molecule has 0 saturated heterocycles. The highest BCUT2D eigenvalue weighted by molar-refractivity contribution is 8.00. The first kappa shape index (κ1) is 12.6. The van der Waals surface area contributed by atoms with E-state index in [-0.39, 0.29) is 6.04 Å². The minimum Gasteiger partial charge on any atom is -0.323 e. The van der Waals surface area contributed by atoms with E-state index in [1.165, 1.54) is 11.1 Å². The summed E-state index contributed by atoms with van der Waals surface area (Å²) >= 11 is 1.92. The van der Waals surface area contributed by atoms with Gasteiger partial charge in [0.1, 0.15) is 0 Å². The fourth-order valence-corrected chi connectivity index (χ4v) is 2.29. The maximum Gasteiger partial charge on any atom is 0.0389 e. The zero-order chi connectivity index (χ0) is 11.5. The maximum atomic E-state index is 6.18. The highest BCUT2D eigenvalue weighted by atomic mass is 32.2. The SMILES string of the molecule is Cc1ccccc1C(N)CSC(C)(C)C. The van der Waals surface area contributed by atoms with Gasteiger partial charge < -0.3 is 5.73 Å². The monoisotopic (exact) mass is 223 g/mol. The molecule has 1 aromatic rings. The number of nitrogens with two attached hydrogens (primary N) is 1. The van der Waals surface area contributed by atoms with Crippen molar-refractivity contribution in [2.75, 3.05) is 5.75 Å². The van der Waals surface area contributed by atoms with Gasteiger partial charge in [0.15, 0.2) is 0 Å². The summed E-state index contributed by atoms with van der Waals surface area (Å²) in [6.45, 7) is 8.80. The molecule has 0 bridgehead atoms. The summed E-state index contributed by atoms with van der Waals surface area (Å²) in [4.78, 5) is 0. The van der Waals surface area contributed by atoms with Crippen molar-refractivity contribution in [3.05, 3.63) is 35.4 Å². The average molecular weight is 223 g/mol. The Morgan fingerprint density at radius 2 is 1.87 bits per heavy atom. The summed E-state index contributed by atoms with van der Waals surface area (Å²) in [5, 5.41) is 0. The van der Waals surface area contributed by atoms with Crippen molar-refractivity contribution in [2.45, 2.75) is 38.5 Å². The van der Waals surface area contributed by atoms with Gasteiger partial charge in [-0.2, -0.15) is 11.8 Å². The molecule has 0 saturated carbocycles. The van der Waals surface area contributed by atoms with Crippen LogP contribution in [0.1, 0.15) is 37.9 Å². The van der Waals surface area contributed by atoms with Crippen LogP contribution in [0.3, 0.4) is 0 Å². The molecule has 1 rings (SSSR count). The third kappa shape index (κ3) is 4.27. The smallest absolute Gasteiger partial charge is 0.0389 e. The second-order valence-electron chi connectivity index (χ2n) is 4.89. The number of benzene rings is 1. The van der Waals surface area contributed by atoms with Crippen LogP contribution in [0.25, 0.3) is 0 Å². The molecule has 84 valence electrons. The highest BCUT2D eigenvalue weighted by Gasteiger charge is 2.15. The van der Waals surface area contributed by atoms with Crippen LogP contribution in [0.4, 0.5) is 0 Å². The lowest BCUT2D eigenvalue weighted by Crippen LogP contribution is -2.18. The van der Waals surface area contributed by atoms with E-state index in [0.717, 1.165) is 5.75 Å². The van der Waals surface area contributed by atoms with Crippen molar-refractivity contribution >= 4 is 11.8 Å². The van der Waals surface area contributed by atoms with E-state index in [1.54, 1.807) is 0 Å². The topological polar surface area (TPSA) is 26.0 Å². The minimum atomic E-state index is 0.149. The molecule has 0 radical (unpaired) electrons. The van der Waals surface area contributed by atoms with Crippen LogP contribution in [0.5, 0.6) is 0 Å². The van der Waals surface area contributed by atoms with Gasteiger partial charge in [0.05, 0.1) is 0 Å². The van der Waals surface area contributed by atoms with E-state index in [2.05, 4.69) is 52.0 Å². The number of rotatable bonds is 3. The van der Waals surface area contributed by atoms with E-state index < -0.39 is 0 Å². The molecule has 2 heteroatoms. The molecule has 1 atom stereocenters. The number of thioether (sulfide) groups is 1. The van der Waals surface area contributed by atoms with Gasteiger partial charge in [0, 0.05) is 16.5 Å². The van der Waals surface area contributed by atoms with Gasteiger partial charge in [-0.25, -0.2) is 0 Å². The predicted octanol–water partition coefficient (Wildman–Crippen LogP) is 3.53. The third-order valence-electron chi connectivity index (χ3n) is 2.28. The molecular weight excluding hydrogens is 202 g/mol. The maximum absolute atomic E-state index is 6.18. The number of hydrogen-bond acceptors (Lipinski definition) is 2. The van der Waals surface area contributed by atoms with E-state index in [1.807, 2.05) is 11.8 Å². The van der Waals surface area contributed by atoms with Crippen LogP contribution in [0.2, 0.25) is 0 Å². The Labute approximate surface area is 97.4 Å². The van der Waals surface area contributed by atoms with Gasteiger partial charge in [0.25, 0.3) is 0 Å². The fourth-order valence-electron chi connectivity index (χ4n) is 1.43. The highest BCUT2D eigenvalue weighted by Crippen LogP contribution is 2.28. The fraction of sp³-hybridized carbons (Fsp3) is 0.538. The molecule has 0 amide bonds. The van der Waals surface area contributed by atoms with Crippen molar-refractivity contribution in [1.29, 1.82) is 0 Å². The number of aryl methyl sites for hydroxylation is 1. The standard InChI is InChI=1S/C13H21NS/c1-10-7-5-6-8-11(10)12(14)9-15-13(2,3)4/h5-8,12H,9,14H2,1-4H3. The molecule has 15 heavy (non-hydrogen) atoms. The van der Waals surface area contributed by atoms with Gasteiger partial charge in [-0.1, -0.05) is 45.0 Å². The second-order valence-corrected chi connectivity index (χ2v) is 6.73. The van der Waals surface area contributed by atoms with E-state index in [4.69, 9.17) is 5.73 Å². The van der Waals surface area contributed by atoms with Crippen LogP contribution in [-0.4, -0.2) is 10.5 Å². The Kier molecular flexibility index (Phi) is 4.23. The van der Waals surface area contributed by atoms with E-state index >= 15 is 0 Å². The Balaban J connectivity index is 2.62. The van der Waals surface area contributed by atoms with Crippen molar-refractivity contribution in [3.8, 4) is 0 Å². The normalized spacial score (nSPS) is 13.9. The summed E-state index contributed by atoms with van der Waals surface area (Å²) in [5.41, 5.74) is 8.75. The van der Waals surface area contributed by atoms with Crippen LogP contribution in [0, 0.1) is 6.92 Å². The molecule has 0 aromatic heterocycles. The zero-order valence-electron chi connectivity index (χ0n) is 10.1. The summed E-state index contributed by atoms with van der Waals surface area (Å²) in [6.07, 6.45) is 0. The lowest BCUT2D eigenvalue weighted by Gasteiger charge is -2.21. The Morgan fingerprint density at radius 3 is 2.40 bits per heavy atom. The first-order valence-electron chi connectivity index (χ1n) is 5.35. The van der Waals surface area contributed by atoms with Gasteiger partial charge in [-0.3, -0.25) is 0 Å². The Hall–Kier alpha value is -0.470. The quantitative estimate of drug-likeness (QED) is 0.848. The Bertz CT molecular complexity index is 315. The van der Waals surface area contributed by atoms with Crippen LogP contribution < -0.4 is 5.73 Å². The molecule has 0 spiro atoms. The van der Waals surface area contributed by atoms with Crippen molar-refractivity contribution in [3.63, 3.8) is 0 Å². The van der Waals surface area contributed by atoms with Crippen LogP contribution in [0.15, 0.2) is 24.3 Å². The molecule has 0 aliphatic rings. The van der Waals surface area contributed by atoms with Gasteiger partial charge in [-0.15, -0.1) is 0 Å². The average Bonchev–Trinajstić information content (AvgIpc) is 2.14. The molecule has 0 fully saturated rings. The van der Waals surface area contributed by atoms with Gasteiger partial charge in [0.2, 0.25) is 0 Å². The molecule has 1 unspecified atom stereocenters. The second kappa shape index (κ2) is 5.04. The largest absolute Gasteiger partial charge is 0.323 e. The van der Waals surface area contributed by atoms with E-state index in [9.17, 15) is 0 Å². The minimum absolute atomic E-state index is 0.149. The molecule has 0 heterocycles. The van der Waals surface area contributed by atoms with Gasteiger partial charge in [-0.05, 0) is 18.1 Å². The zero-order valence-corrected chi connectivity index (χ0v) is 10.9. The first-order valence-corrected chi connectivity index (χ1v) is 6.34. The predicted molar refractivity (Wildman–Crippen MR) is 70.3 cm³/mol. The lowest BCUT2D eigenvalue weighted by molar-refractivity contribution is 0.776. The molecule has 2 N–H and O–H groups in total. The first-order chi connectivity index (χ1) is 6.90. The lowest BCUT2D eigenvalue weighted by atomic mass is 10.0. The van der Waals surface area contributed by atoms with Crippen molar-refractivity contribution < 1.29 is 0 Å². The Morgan fingerprint density at radius 1 is 1.27 bits per heavy atom. The molecular formula is C13H21NS. The molecule has 1 aromatic carbocycles.